The van der Waals surface area contributed by atoms with Crippen LogP contribution in [0.25, 0.3) is 10.8 Å². The average Bonchev–Trinajstić information content (AvgIpc) is 3.14. The number of aromatic amines is 1. The SMILES string of the molecule is O=C(c1ccc2c3c(cccc13)CC2)N1CCN(c2cccc[nH+]2)CC1. The number of aryl methyl sites for hydroxylation is 2. The van der Waals surface area contributed by atoms with Crippen molar-refractivity contribution < 1.29 is 9.78 Å². The van der Waals surface area contributed by atoms with Gasteiger partial charge in [-0.15, -0.1) is 0 Å². The predicted octanol–water partition coefficient (Wildman–Crippen LogP) is 2.71. The van der Waals surface area contributed by atoms with Gasteiger partial charge in [-0.25, -0.2) is 4.98 Å². The van der Waals surface area contributed by atoms with Crippen LogP contribution in [-0.2, 0) is 12.8 Å². The largest absolute Gasteiger partial charge is 0.331 e. The lowest BCUT2D eigenvalue weighted by atomic mass is 9.99. The molecule has 0 atom stereocenters. The third-order valence-corrected chi connectivity index (χ3v) is 5.71. The molecule has 1 N–H and O–H groups in total. The van der Waals surface area contributed by atoms with E-state index >= 15 is 0 Å². The van der Waals surface area contributed by atoms with E-state index in [0.717, 1.165) is 55.8 Å². The van der Waals surface area contributed by atoms with E-state index in [1.165, 1.54) is 16.5 Å². The fraction of sp³-hybridized carbons (Fsp3) is 0.273. The number of pyridine rings is 1. The molecule has 2 aromatic carbocycles. The molecule has 0 spiro atoms. The average molecular weight is 344 g/mol. The quantitative estimate of drug-likeness (QED) is 0.717. The van der Waals surface area contributed by atoms with E-state index in [2.05, 4.69) is 40.2 Å². The molecule has 5 rings (SSSR count). The van der Waals surface area contributed by atoms with Crippen LogP contribution in [0.2, 0.25) is 0 Å². The summed E-state index contributed by atoms with van der Waals surface area (Å²) in [7, 11) is 0. The summed E-state index contributed by atoms with van der Waals surface area (Å²) in [5.41, 5.74) is 3.63. The Hall–Kier alpha value is -2.88. The zero-order valence-electron chi connectivity index (χ0n) is 14.7. The molecule has 3 aromatic rings. The molecule has 130 valence electrons. The van der Waals surface area contributed by atoms with Crippen molar-refractivity contribution in [2.45, 2.75) is 12.8 Å². The molecule has 1 saturated heterocycles. The van der Waals surface area contributed by atoms with Crippen LogP contribution >= 0.6 is 0 Å². The van der Waals surface area contributed by atoms with Gasteiger partial charge in [-0.2, -0.15) is 0 Å². The van der Waals surface area contributed by atoms with E-state index in [4.69, 9.17) is 0 Å². The van der Waals surface area contributed by atoms with Crippen LogP contribution in [0.5, 0.6) is 0 Å². The molecule has 4 heteroatoms. The minimum Gasteiger partial charge on any atom is -0.331 e. The van der Waals surface area contributed by atoms with E-state index in [-0.39, 0.29) is 5.91 Å². The molecule has 2 heterocycles. The van der Waals surface area contributed by atoms with E-state index in [1.807, 2.05) is 29.3 Å². The van der Waals surface area contributed by atoms with Gasteiger partial charge in [-0.1, -0.05) is 30.3 Å². The lowest BCUT2D eigenvalue weighted by Gasteiger charge is -2.31. The van der Waals surface area contributed by atoms with Gasteiger partial charge in [0.2, 0.25) is 0 Å². The van der Waals surface area contributed by atoms with Crippen molar-refractivity contribution in [1.29, 1.82) is 0 Å². The molecule has 1 aliphatic heterocycles. The maximum atomic E-state index is 13.2. The molecule has 4 nitrogen and oxygen atoms in total. The second-order valence-corrected chi connectivity index (χ2v) is 7.14. The van der Waals surface area contributed by atoms with Gasteiger partial charge in [0.1, 0.15) is 13.1 Å². The number of aromatic nitrogens is 1. The van der Waals surface area contributed by atoms with Crippen molar-refractivity contribution in [2.75, 3.05) is 31.1 Å². The minimum absolute atomic E-state index is 0.164. The number of rotatable bonds is 2. The molecule has 0 unspecified atom stereocenters. The number of carbonyl (C=O) groups is 1. The van der Waals surface area contributed by atoms with Crippen molar-refractivity contribution in [1.82, 2.24) is 4.90 Å². The highest BCUT2D eigenvalue weighted by Crippen LogP contribution is 2.33. The zero-order valence-corrected chi connectivity index (χ0v) is 14.7. The third kappa shape index (κ3) is 2.45. The maximum Gasteiger partial charge on any atom is 0.274 e. The number of hydrogen-bond donors (Lipinski definition) is 0. The molecule has 1 amide bonds. The van der Waals surface area contributed by atoms with Crippen LogP contribution < -0.4 is 9.88 Å². The lowest BCUT2D eigenvalue weighted by molar-refractivity contribution is -0.364. The topological polar surface area (TPSA) is 37.7 Å². The summed E-state index contributed by atoms with van der Waals surface area (Å²) in [6.45, 7) is 3.22. The molecular formula is C22H22N3O+. The summed E-state index contributed by atoms with van der Waals surface area (Å²) in [5, 5.41) is 2.44. The van der Waals surface area contributed by atoms with Gasteiger partial charge < -0.3 is 4.90 Å². The van der Waals surface area contributed by atoms with Crippen molar-refractivity contribution in [3.05, 3.63) is 71.4 Å². The number of amides is 1. The molecule has 26 heavy (non-hydrogen) atoms. The number of anilines is 1. The summed E-state index contributed by atoms with van der Waals surface area (Å²) in [6, 6.07) is 16.7. The summed E-state index contributed by atoms with van der Waals surface area (Å²) >= 11 is 0. The Labute approximate surface area is 153 Å². The lowest BCUT2D eigenvalue weighted by Crippen LogP contribution is -2.50. The summed E-state index contributed by atoms with van der Waals surface area (Å²) in [4.78, 5) is 20.8. The fourth-order valence-electron chi connectivity index (χ4n) is 4.33. The van der Waals surface area contributed by atoms with Gasteiger partial charge >= 0.3 is 0 Å². The molecule has 1 fully saturated rings. The highest BCUT2D eigenvalue weighted by Gasteiger charge is 2.28. The molecule has 0 bridgehead atoms. The minimum atomic E-state index is 0.164. The first-order valence-corrected chi connectivity index (χ1v) is 9.36. The van der Waals surface area contributed by atoms with Crippen LogP contribution in [0.3, 0.4) is 0 Å². The molecule has 0 radical (unpaired) electrons. The Morgan fingerprint density at radius 1 is 0.846 bits per heavy atom. The van der Waals surface area contributed by atoms with Gasteiger partial charge in [0.25, 0.3) is 11.7 Å². The number of nitrogens with zero attached hydrogens (tertiary/aromatic N) is 2. The van der Waals surface area contributed by atoms with E-state index < -0.39 is 0 Å². The standard InChI is InChI=1S/C22H21N3O/c26-22(25-14-12-24(13-15-25)20-6-1-2-11-23-20)19-10-9-17-8-7-16-4-3-5-18(19)21(16)17/h1-6,9-11H,7-8,12-15H2/p+1. The Morgan fingerprint density at radius 3 is 2.42 bits per heavy atom. The van der Waals surface area contributed by atoms with Crippen LogP contribution in [0.15, 0.2) is 54.7 Å². The smallest absolute Gasteiger partial charge is 0.274 e. The van der Waals surface area contributed by atoms with Gasteiger partial charge in [0, 0.05) is 11.6 Å². The number of nitrogens with one attached hydrogen (secondary N) is 1. The van der Waals surface area contributed by atoms with Gasteiger partial charge in [-0.05, 0) is 46.9 Å². The number of carbonyl (C=O) groups excluding carboxylic acids is 1. The number of piperazine rings is 1. The molecule has 1 aromatic heterocycles. The fourth-order valence-corrected chi connectivity index (χ4v) is 4.33. The predicted molar refractivity (Wildman–Crippen MR) is 102 cm³/mol. The van der Waals surface area contributed by atoms with Crippen LogP contribution in [0.1, 0.15) is 21.5 Å². The molecule has 1 aliphatic carbocycles. The van der Waals surface area contributed by atoms with Crippen molar-refractivity contribution in [3.8, 4) is 0 Å². The second kappa shape index (κ2) is 6.13. The normalized spacial score (nSPS) is 16.3. The number of hydrogen-bond acceptors (Lipinski definition) is 2. The monoisotopic (exact) mass is 344 g/mol. The molecule has 2 aliphatic rings. The zero-order chi connectivity index (χ0) is 17.5. The maximum absolute atomic E-state index is 13.2. The summed E-state index contributed by atoms with van der Waals surface area (Å²) in [6.07, 6.45) is 4.13. The number of H-pyrrole nitrogens is 1. The van der Waals surface area contributed by atoms with Crippen LogP contribution in [0, 0.1) is 0 Å². The van der Waals surface area contributed by atoms with Gasteiger partial charge in [0.15, 0.2) is 0 Å². The Morgan fingerprint density at radius 2 is 1.65 bits per heavy atom. The first kappa shape index (κ1) is 15.4. The van der Waals surface area contributed by atoms with E-state index in [0.29, 0.717) is 0 Å². The second-order valence-electron chi connectivity index (χ2n) is 7.14. The van der Waals surface area contributed by atoms with E-state index in [9.17, 15) is 4.79 Å². The highest BCUT2D eigenvalue weighted by molar-refractivity contribution is 6.09. The molecule has 0 saturated carbocycles. The van der Waals surface area contributed by atoms with Crippen LogP contribution in [0.4, 0.5) is 5.82 Å². The van der Waals surface area contributed by atoms with Crippen LogP contribution in [-0.4, -0.2) is 37.0 Å². The third-order valence-electron chi connectivity index (χ3n) is 5.71. The Bertz CT molecular complexity index is 965. The van der Waals surface area contributed by atoms with E-state index in [1.54, 1.807) is 0 Å². The van der Waals surface area contributed by atoms with Crippen molar-refractivity contribution >= 4 is 22.5 Å². The Kier molecular flexibility index (Phi) is 3.63. The highest BCUT2D eigenvalue weighted by atomic mass is 16.2. The first-order chi connectivity index (χ1) is 12.8. The van der Waals surface area contributed by atoms with Crippen molar-refractivity contribution in [2.24, 2.45) is 0 Å². The molecular weight excluding hydrogens is 322 g/mol. The summed E-state index contributed by atoms with van der Waals surface area (Å²) < 4.78 is 0. The van der Waals surface area contributed by atoms with Gasteiger partial charge in [0.05, 0.1) is 19.3 Å². The van der Waals surface area contributed by atoms with Gasteiger partial charge in [-0.3, -0.25) is 9.69 Å². The first-order valence-electron chi connectivity index (χ1n) is 9.36. The number of benzene rings is 2. The van der Waals surface area contributed by atoms with Crippen molar-refractivity contribution in [3.63, 3.8) is 0 Å². The Balaban J connectivity index is 1.40. The summed E-state index contributed by atoms with van der Waals surface area (Å²) in [5.74, 6) is 1.28.